The van der Waals surface area contributed by atoms with Crippen LogP contribution in [0.25, 0.3) is 0 Å². The van der Waals surface area contributed by atoms with Crippen LogP contribution in [0.1, 0.15) is 28.9 Å². The van der Waals surface area contributed by atoms with Crippen LogP contribution in [-0.2, 0) is 6.61 Å². The van der Waals surface area contributed by atoms with Crippen molar-refractivity contribution in [2.24, 2.45) is 0 Å². The van der Waals surface area contributed by atoms with Crippen LogP contribution in [-0.4, -0.2) is 20.5 Å². The Hall–Kier alpha value is -2.47. The maximum atomic E-state index is 12.5. The lowest BCUT2D eigenvalue weighted by molar-refractivity contribution is 0.0926. The third kappa shape index (κ3) is 3.71. The number of nitrogens with zero attached hydrogens (tertiary/aromatic N) is 3. The molecule has 6 heteroatoms. The zero-order chi connectivity index (χ0) is 16.9. The molecule has 0 aliphatic carbocycles. The minimum atomic E-state index is -0.432. The fourth-order valence-corrected chi connectivity index (χ4v) is 2.79. The van der Waals surface area contributed by atoms with Crippen LogP contribution in [0.15, 0.2) is 65.7 Å². The van der Waals surface area contributed by atoms with E-state index < -0.39 is 6.04 Å². The van der Waals surface area contributed by atoms with Gasteiger partial charge < -0.3 is 4.74 Å². The minimum Gasteiger partial charge on any atom is -0.489 e. The van der Waals surface area contributed by atoms with Crippen LogP contribution in [0.5, 0.6) is 5.75 Å². The Bertz CT molecular complexity index is 816. The van der Waals surface area contributed by atoms with Crippen molar-refractivity contribution in [2.75, 3.05) is 0 Å². The van der Waals surface area contributed by atoms with Gasteiger partial charge in [-0.15, -0.1) is 0 Å². The second kappa shape index (κ2) is 7.40. The summed E-state index contributed by atoms with van der Waals surface area (Å²) < 4.78 is 7.81. The molecular weight excluding hydrogens is 370 g/mol. The summed E-state index contributed by atoms with van der Waals surface area (Å²) in [6.07, 6.45) is 1.41. The quantitative estimate of drug-likeness (QED) is 0.600. The van der Waals surface area contributed by atoms with Crippen LogP contribution in [0.3, 0.4) is 0 Å². The number of ketones is 1. The number of aromatic nitrogens is 3. The van der Waals surface area contributed by atoms with Gasteiger partial charge in [-0.1, -0.05) is 30.3 Å². The van der Waals surface area contributed by atoms with E-state index in [2.05, 4.69) is 26.0 Å². The molecule has 0 aliphatic rings. The topological polar surface area (TPSA) is 57.0 Å². The van der Waals surface area contributed by atoms with E-state index in [4.69, 9.17) is 4.74 Å². The normalized spacial score (nSPS) is 11.9. The average Bonchev–Trinajstić information content (AvgIpc) is 3.06. The van der Waals surface area contributed by atoms with E-state index in [0.717, 1.165) is 11.3 Å². The van der Waals surface area contributed by atoms with Crippen molar-refractivity contribution in [3.8, 4) is 5.75 Å². The van der Waals surface area contributed by atoms with Gasteiger partial charge >= 0.3 is 0 Å². The smallest absolute Gasteiger partial charge is 0.195 e. The van der Waals surface area contributed by atoms with Crippen LogP contribution in [0, 0.1) is 0 Å². The first-order valence-corrected chi connectivity index (χ1v) is 8.30. The molecule has 0 bridgehead atoms. The highest BCUT2D eigenvalue weighted by molar-refractivity contribution is 9.10. The lowest BCUT2D eigenvalue weighted by Crippen LogP contribution is -2.18. The van der Waals surface area contributed by atoms with E-state index in [1.54, 1.807) is 35.9 Å². The number of Topliss-reactive ketones (excluding diaryl/α,β-unsaturated/α-hetero) is 1. The van der Waals surface area contributed by atoms with Gasteiger partial charge in [0.15, 0.2) is 10.5 Å². The summed E-state index contributed by atoms with van der Waals surface area (Å²) >= 11 is 3.28. The molecule has 24 heavy (non-hydrogen) atoms. The molecule has 0 saturated carbocycles. The molecule has 0 fully saturated rings. The SMILES string of the molecule is CC(C(=O)c1ccc(OCc2ccccc2)cc1)n1ncnc1Br. The monoisotopic (exact) mass is 385 g/mol. The van der Waals surface area contributed by atoms with Gasteiger partial charge in [0.2, 0.25) is 0 Å². The van der Waals surface area contributed by atoms with Crippen molar-refractivity contribution >= 4 is 21.7 Å². The number of hydrogen-bond donors (Lipinski definition) is 0. The fourth-order valence-electron chi connectivity index (χ4n) is 2.30. The molecule has 122 valence electrons. The molecule has 3 aromatic rings. The predicted molar refractivity (Wildman–Crippen MR) is 94.0 cm³/mol. The number of ether oxygens (including phenoxy) is 1. The first-order valence-electron chi connectivity index (χ1n) is 7.51. The molecule has 1 aromatic heterocycles. The largest absolute Gasteiger partial charge is 0.489 e. The average molecular weight is 386 g/mol. The Balaban J connectivity index is 1.65. The van der Waals surface area contributed by atoms with E-state index in [-0.39, 0.29) is 5.78 Å². The zero-order valence-electron chi connectivity index (χ0n) is 13.1. The molecule has 2 aromatic carbocycles. The first-order chi connectivity index (χ1) is 11.6. The third-order valence-electron chi connectivity index (χ3n) is 3.66. The molecular formula is C18H16BrN3O2. The Kier molecular flexibility index (Phi) is 5.05. The van der Waals surface area contributed by atoms with Gasteiger partial charge in [-0.2, -0.15) is 5.10 Å². The van der Waals surface area contributed by atoms with E-state index in [0.29, 0.717) is 16.9 Å². The van der Waals surface area contributed by atoms with Crippen LogP contribution in [0.4, 0.5) is 0 Å². The molecule has 3 rings (SSSR count). The Morgan fingerprint density at radius 1 is 1.17 bits per heavy atom. The number of benzene rings is 2. The summed E-state index contributed by atoms with van der Waals surface area (Å²) in [6.45, 7) is 2.29. The Morgan fingerprint density at radius 2 is 1.88 bits per heavy atom. The van der Waals surface area contributed by atoms with Gasteiger partial charge in [0, 0.05) is 5.56 Å². The Labute approximate surface area is 148 Å². The molecule has 0 amide bonds. The standard InChI is InChI=1S/C18H16BrN3O2/c1-13(22-18(19)20-12-21-22)17(23)15-7-9-16(10-8-15)24-11-14-5-3-2-4-6-14/h2-10,12-13H,11H2,1H3. The van der Waals surface area contributed by atoms with Gasteiger partial charge in [0.25, 0.3) is 0 Å². The van der Waals surface area contributed by atoms with E-state index in [1.165, 1.54) is 6.33 Å². The lowest BCUT2D eigenvalue weighted by Gasteiger charge is -2.12. The highest BCUT2D eigenvalue weighted by Gasteiger charge is 2.19. The molecule has 1 unspecified atom stereocenters. The van der Waals surface area contributed by atoms with Gasteiger partial charge in [0.1, 0.15) is 24.7 Å². The van der Waals surface area contributed by atoms with E-state index >= 15 is 0 Å². The zero-order valence-corrected chi connectivity index (χ0v) is 14.7. The highest BCUT2D eigenvalue weighted by Crippen LogP contribution is 2.20. The fraction of sp³-hybridized carbons (Fsp3) is 0.167. The third-order valence-corrected chi connectivity index (χ3v) is 4.23. The van der Waals surface area contributed by atoms with E-state index in [1.807, 2.05) is 30.3 Å². The number of halogens is 1. The maximum absolute atomic E-state index is 12.5. The molecule has 0 saturated heterocycles. The van der Waals surface area contributed by atoms with Crippen LogP contribution < -0.4 is 4.74 Å². The molecule has 1 atom stereocenters. The highest BCUT2D eigenvalue weighted by atomic mass is 79.9. The summed E-state index contributed by atoms with van der Waals surface area (Å²) in [5.74, 6) is 0.695. The van der Waals surface area contributed by atoms with Gasteiger partial charge in [-0.3, -0.25) is 4.79 Å². The summed E-state index contributed by atoms with van der Waals surface area (Å²) in [6, 6.07) is 16.7. The second-order valence-electron chi connectivity index (χ2n) is 5.31. The molecule has 0 spiro atoms. The van der Waals surface area contributed by atoms with Crippen molar-refractivity contribution < 1.29 is 9.53 Å². The first kappa shape index (κ1) is 16.4. The predicted octanol–water partition coefficient (Wildman–Crippen LogP) is 4.06. The molecule has 5 nitrogen and oxygen atoms in total. The van der Waals surface area contributed by atoms with Crippen LogP contribution >= 0.6 is 15.9 Å². The van der Waals surface area contributed by atoms with Gasteiger partial charge in [0.05, 0.1) is 0 Å². The van der Waals surface area contributed by atoms with Crippen molar-refractivity contribution in [3.63, 3.8) is 0 Å². The van der Waals surface area contributed by atoms with E-state index in [9.17, 15) is 4.79 Å². The molecule has 0 N–H and O–H groups in total. The summed E-state index contributed by atoms with van der Waals surface area (Å²) in [5, 5.41) is 4.06. The summed E-state index contributed by atoms with van der Waals surface area (Å²) in [7, 11) is 0. The minimum absolute atomic E-state index is 0.0317. The summed E-state index contributed by atoms with van der Waals surface area (Å²) in [5.41, 5.74) is 1.71. The number of rotatable bonds is 6. The van der Waals surface area contributed by atoms with Crippen molar-refractivity contribution in [1.29, 1.82) is 0 Å². The van der Waals surface area contributed by atoms with Crippen LogP contribution in [0.2, 0.25) is 0 Å². The number of carbonyl (C=O) groups is 1. The second-order valence-corrected chi connectivity index (χ2v) is 6.02. The van der Waals surface area contributed by atoms with Gasteiger partial charge in [-0.25, -0.2) is 9.67 Å². The molecule has 0 radical (unpaired) electrons. The van der Waals surface area contributed by atoms with Crippen molar-refractivity contribution in [3.05, 3.63) is 76.8 Å². The number of carbonyl (C=O) groups excluding carboxylic acids is 1. The molecule has 0 aliphatic heterocycles. The van der Waals surface area contributed by atoms with Crippen molar-refractivity contribution in [1.82, 2.24) is 14.8 Å². The van der Waals surface area contributed by atoms with Gasteiger partial charge in [-0.05, 0) is 52.7 Å². The maximum Gasteiger partial charge on any atom is 0.195 e. The molecule has 1 heterocycles. The summed E-state index contributed by atoms with van der Waals surface area (Å²) in [4.78, 5) is 16.5. The number of hydrogen-bond acceptors (Lipinski definition) is 4. The lowest BCUT2D eigenvalue weighted by atomic mass is 10.1. The van der Waals surface area contributed by atoms with Crippen molar-refractivity contribution in [2.45, 2.75) is 19.6 Å². The Morgan fingerprint density at radius 3 is 2.50 bits per heavy atom.